The second-order valence-electron chi connectivity index (χ2n) is 3.75. The molecule has 2 aromatic carbocycles. The van der Waals surface area contributed by atoms with Gasteiger partial charge >= 0.3 is 0 Å². The third-order valence-electron chi connectivity index (χ3n) is 2.58. The number of benzene rings is 2. The number of rotatable bonds is 5. The van der Waals surface area contributed by atoms with Crippen molar-refractivity contribution < 1.29 is 9.53 Å². The lowest BCUT2D eigenvalue weighted by Gasteiger charge is -2.08. The van der Waals surface area contributed by atoms with Crippen molar-refractivity contribution in [3.8, 4) is 5.75 Å². The highest BCUT2D eigenvalue weighted by atomic mass is 16.5. The van der Waals surface area contributed by atoms with Crippen LogP contribution in [0.2, 0.25) is 0 Å². The van der Waals surface area contributed by atoms with Gasteiger partial charge in [-0.05, 0) is 17.5 Å². The van der Waals surface area contributed by atoms with Crippen molar-refractivity contribution in [2.24, 2.45) is 0 Å². The summed E-state index contributed by atoms with van der Waals surface area (Å²) in [5.41, 5.74) is 0. The van der Waals surface area contributed by atoms with Crippen LogP contribution in [-0.2, 0) is 4.79 Å². The zero-order chi connectivity index (χ0) is 12.1. The molecule has 0 bridgehead atoms. The van der Waals surface area contributed by atoms with E-state index in [4.69, 9.17) is 4.74 Å². The van der Waals surface area contributed by atoms with Gasteiger partial charge in [0.2, 0.25) is 0 Å². The first-order chi connectivity index (χ1) is 8.31. The molecule has 0 N–H and O–H groups in total. The Hall–Kier alpha value is -2.09. The van der Waals surface area contributed by atoms with Crippen LogP contribution in [0.5, 0.6) is 5.75 Å². The number of allylic oxidation sites excluding steroid dienone is 1. The number of hydrogen-bond donors (Lipinski definition) is 0. The molecular formula is C15H14O2. The van der Waals surface area contributed by atoms with Crippen LogP contribution in [0.4, 0.5) is 0 Å². The lowest BCUT2D eigenvalue weighted by atomic mass is 10.1. The van der Waals surface area contributed by atoms with Crippen molar-refractivity contribution in [3.05, 3.63) is 55.1 Å². The Morgan fingerprint density at radius 3 is 2.76 bits per heavy atom. The van der Waals surface area contributed by atoms with Gasteiger partial charge in [0.05, 0.1) is 6.61 Å². The SMILES string of the molecule is C=CC(=O)CCOc1cccc2ccccc12. The van der Waals surface area contributed by atoms with Crippen LogP contribution in [-0.4, -0.2) is 12.4 Å². The summed E-state index contributed by atoms with van der Waals surface area (Å²) in [6.45, 7) is 3.82. The van der Waals surface area contributed by atoms with E-state index in [9.17, 15) is 4.79 Å². The maximum atomic E-state index is 11.1. The fraction of sp³-hybridized carbons (Fsp3) is 0.133. The molecule has 2 rings (SSSR count). The van der Waals surface area contributed by atoms with Gasteiger partial charge in [-0.25, -0.2) is 0 Å². The maximum Gasteiger partial charge on any atom is 0.158 e. The van der Waals surface area contributed by atoms with Gasteiger partial charge in [-0.1, -0.05) is 43.0 Å². The third kappa shape index (κ3) is 2.72. The predicted octanol–water partition coefficient (Wildman–Crippen LogP) is 3.36. The summed E-state index contributed by atoms with van der Waals surface area (Å²) in [6.07, 6.45) is 1.69. The van der Waals surface area contributed by atoms with Crippen LogP contribution < -0.4 is 4.74 Å². The summed E-state index contributed by atoms with van der Waals surface area (Å²) in [5.74, 6) is 0.824. The lowest BCUT2D eigenvalue weighted by molar-refractivity contribution is -0.115. The summed E-state index contributed by atoms with van der Waals surface area (Å²) < 4.78 is 5.62. The highest BCUT2D eigenvalue weighted by molar-refractivity contribution is 5.89. The zero-order valence-corrected chi connectivity index (χ0v) is 9.56. The van der Waals surface area contributed by atoms with Gasteiger partial charge < -0.3 is 4.74 Å². The molecule has 2 nitrogen and oxygen atoms in total. The zero-order valence-electron chi connectivity index (χ0n) is 9.56. The van der Waals surface area contributed by atoms with Gasteiger partial charge in [0.15, 0.2) is 5.78 Å². The quantitative estimate of drug-likeness (QED) is 0.731. The molecule has 2 heteroatoms. The summed E-state index contributed by atoms with van der Waals surface area (Å²) >= 11 is 0. The largest absolute Gasteiger partial charge is 0.492 e. The molecule has 17 heavy (non-hydrogen) atoms. The minimum atomic E-state index is 0.00485. The summed E-state index contributed by atoms with van der Waals surface area (Å²) in [5, 5.41) is 2.21. The number of ether oxygens (including phenoxy) is 1. The molecule has 0 amide bonds. The number of ketones is 1. The minimum Gasteiger partial charge on any atom is -0.492 e. The third-order valence-corrected chi connectivity index (χ3v) is 2.58. The van der Waals surface area contributed by atoms with E-state index in [1.807, 2.05) is 42.5 Å². The monoisotopic (exact) mass is 226 g/mol. The van der Waals surface area contributed by atoms with Gasteiger partial charge in [0.1, 0.15) is 5.75 Å². The molecule has 86 valence electrons. The minimum absolute atomic E-state index is 0.00485. The van der Waals surface area contributed by atoms with E-state index in [1.165, 1.54) is 6.08 Å². The Bertz CT molecular complexity index is 538. The van der Waals surface area contributed by atoms with E-state index in [2.05, 4.69) is 6.58 Å². The highest BCUT2D eigenvalue weighted by Gasteiger charge is 2.02. The van der Waals surface area contributed by atoms with E-state index >= 15 is 0 Å². The Balaban J connectivity index is 2.13. The second kappa shape index (κ2) is 5.30. The van der Waals surface area contributed by atoms with Crippen molar-refractivity contribution in [3.63, 3.8) is 0 Å². The molecular weight excluding hydrogens is 212 g/mol. The predicted molar refractivity (Wildman–Crippen MR) is 69.3 cm³/mol. The Labute approximate surface area is 101 Å². The van der Waals surface area contributed by atoms with Gasteiger partial charge in [-0.15, -0.1) is 0 Å². The first kappa shape index (κ1) is 11.4. The van der Waals surface area contributed by atoms with E-state index in [-0.39, 0.29) is 5.78 Å². The second-order valence-corrected chi connectivity index (χ2v) is 3.75. The fourth-order valence-electron chi connectivity index (χ4n) is 1.69. The molecule has 0 unspecified atom stereocenters. The van der Waals surface area contributed by atoms with Gasteiger partial charge in [-0.3, -0.25) is 4.79 Å². The summed E-state index contributed by atoms with van der Waals surface area (Å²) in [4.78, 5) is 11.1. The average molecular weight is 226 g/mol. The van der Waals surface area contributed by atoms with Crippen LogP contribution in [0, 0.1) is 0 Å². The van der Waals surface area contributed by atoms with Crippen molar-refractivity contribution in [1.29, 1.82) is 0 Å². The number of hydrogen-bond acceptors (Lipinski definition) is 2. The molecule has 0 aliphatic heterocycles. The van der Waals surface area contributed by atoms with E-state index in [0.29, 0.717) is 13.0 Å². The average Bonchev–Trinajstić information content (AvgIpc) is 2.39. The van der Waals surface area contributed by atoms with Gasteiger partial charge in [0.25, 0.3) is 0 Å². The molecule has 2 aromatic rings. The normalized spacial score (nSPS) is 10.1. The van der Waals surface area contributed by atoms with Crippen molar-refractivity contribution in [2.45, 2.75) is 6.42 Å². The molecule has 0 aliphatic rings. The fourth-order valence-corrected chi connectivity index (χ4v) is 1.69. The maximum absolute atomic E-state index is 11.1. The Morgan fingerprint density at radius 2 is 1.94 bits per heavy atom. The van der Waals surface area contributed by atoms with Crippen LogP contribution in [0.15, 0.2) is 55.1 Å². The molecule has 0 aliphatic carbocycles. The van der Waals surface area contributed by atoms with Crippen molar-refractivity contribution >= 4 is 16.6 Å². The van der Waals surface area contributed by atoms with E-state index in [1.54, 1.807) is 0 Å². The lowest BCUT2D eigenvalue weighted by Crippen LogP contribution is -2.03. The summed E-state index contributed by atoms with van der Waals surface area (Å²) in [6, 6.07) is 13.9. The summed E-state index contributed by atoms with van der Waals surface area (Å²) in [7, 11) is 0. The van der Waals surface area contributed by atoms with Crippen LogP contribution >= 0.6 is 0 Å². The highest BCUT2D eigenvalue weighted by Crippen LogP contribution is 2.25. The van der Waals surface area contributed by atoms with E-state index in [0.717, 1.165) is 16.5 Å². The number of fused-ring (bicyclic) bond motifs is 1. The Kier molecular flexibility index (Phi) is 3.55. The standard InChI is InChI=1S/C15H14O2/c1-2-13(16)10-11-17-15-9-5-7-12-6-3-4-8-14(12)15/h2-9H,1,10-11H2. The topological polar surface area (TPSA) is 26.3 Å². The molecule has 0 saturated carbocycles. The first-order valence-corrected chi connectivity index (χ1v) is 5.57. The van der Waals surface area contributed by atoms with E-state index < -0.39 is 0 Å². The van der Waals surface area contributed by atoms with Crippen LogP contribution in [0.1, 0.15) is 6.42 Å². The molecule has 0 spiro atoms. The smallest absolute Gasteiger partial charge is 0.158 e. The van der Waals surface area contributed by atoms with Crippen LogP contribution in [0.3, 0.4) is 0 Å². The molecule has 0 atom stereocenters. The molecule has 0 fully saturated rings. The van der Waals surface area contributed by atoms with Crippen molar-refractivity contribution in [1.82, 2.24) is 0 Å². The van der Waals surface area contributed by atoms with Crippen LogP contribution in [0.25, 0.3) is 10.8 Å². The number of carbonyl (C=O) groups is 1. The number of carbonyl (C=O) groups excluding carboxylic acids is 1. The Morgan fingerprint density at radius 1 is 1.18 bits per heavy atom. The molecule has 0 aromatic heterocycles. The molecule has 0 radical (unpaired) electrons. The first-order valence-electron chi connectivity index (χ1n) is 5.57. The van der Waals surface area contributed by atoms with Crippen molar-refractivity contribution in [2.75, 3.05) is 6.61 Å². The molecule has 0 heterocycles. The van der Waals surface area contributed by atoms with Gasteiger partial charge in [-0.2, -0.15) is 0 Å². The molecule has 0 saturated heterocycles. The van der Waals surface area contributed by atoms with Gasteiger partial charge in [0, 0.05) is 11.8 Å².